The smallest absolute Gasteiger partial charge is 0.306 e. The number of benzene rings is 1. The normalized spacial score (nSPS) is 10.3. The van der Waals surface area contributed by atoms with Crippen LogP contribution in [0.1, 0.15) is 0 Å². The highest BCUT2D eigenvalue weighted by molar-refractivity contribution is 8.13. The number of thioether (sulfide) groups is 1. The van der Waals surface area contributed by atoms with Gasteiger partial charge in [-0.05, 0) is 36.0 Å². The van der Waals surface area contributed by atoms with E-state index < -0.39 is 11.5 Å². The van der Waals surface area contributed by atoms with E-state index in [4.69, 9.17) is 4.74 Å². The molecule has 0 unspecified atom stereocenters. The zero-order valence-corrected chi connectivity index (χ0v) is 8.18. The van der Waals surface area contributed by atoms with Crippen LogP contribution in [0.25, 0.3) is 0 Å². The van der Waals surface area contributed by atoms with Crippen molar-refractivity contribution < 1.29 is 18.3 Å². The molecule has 0 aliphatic rings. The molecule has 0 fully saturated rings. The van der Waals surface area contributed by atoms with Gasteiger partial charge in [0.05, 0.1) is 7.11 Å². The van der Waals surface area contributed by atoms with Gasteiger partial charge in [-0.25, -0.2) is 8.78 Å². The Morgan fingerprint density at radius 3 is 2.36 bits per heavy atom. The highest BCUT2D eigenvalue weighted by atomic mass is 32.2. The number of ether oxygens (including phenoxy) is 1. The molecule has 1 aromatic rings. The summed E-state index contributed by atoms with van der Waals surface area (Å²) in [6, 6.07) is 6.34. The molecule has 2 nitrogen and oxygen atoms in total. The quantitative estimate of drug-likeness (QED) is 0.729. The first kappa shape index (κ1) is 11.0. The fourth-order valence-electron chi connectivity index (χ4n) is 0.804. The fraction of sp³-hybridized carbons (Fsp3) is 0.222. The van der Waals surface area contributed by atoms with Crippen LogP contribution in [0.2, 0.25) is 0 Å². The minimum Gasteiger partial charge on any atom is -0.497 e. The van der Waals surface area contributed by atoms with E-state index in [9.17, 15) is 13.6 Å². The zero-order valence-electron chi connectivity index (χ0n) is 7.37. The van der Waals surface area contributed by atoms with Crippen molar-refractivity contribution in [3.8, 4) is 5.75 Å². The van der Waals surface area contributed by atoms with Gasteiger partial charge in [-0.1, -0.05) is 0 Å². The number of hydrogen-bond acceptors (Lipinski definition) is 3. The molecule has 0 amide bonds. The van der Waals surface area contributed by atoms with Crippen molar-refractivity contribution in [2.75, 3.05) is 7.11 Å². The number of hydrogen-bond donors (Lipinski definition) is 0. The van der Waals surface area contributed by atoms with Gasteiger partial charge in [0.2, 0.25) is 0 Å². The lowest BCUT2D eigenvalue weighted by Gasteiger charge is -2.01. The lowest BCUT2D eigenvalue weighted by molar-refractivity contribution is -0.120. The summed E-state index contributed by atoms with van der Waals surface area (Å²) in [6.07, 6.45) is -2.93. The highest BCUT2D eigenvalue weighted by Crippen LogP contribution is 2.23. The van der Waals surface area contributed by atoms with E-state index in [2.05, 4.69) is 0 Å². The van der Waals surface area contributed by atoms with Crippen LogP contribution in [-0.2, 0) is 4.79 Å². The fourth-order valence-corrected chi connectivity index (χ4v) is 1.40. The molecule has 0 N–H and O–H groups in total. The Kier molecular flexibility index (Phi) is 3.88. The van der Waals surface area contributed by atoms with E-state index in [-0.39, 0.29) is 0 Å². The lowest BCUT2D eigenvalue weighted by Crippen LogP contribution is -2.03. The molecule has 0 bridgehead atoms. The lowest BCUT2D eigenvalue weighted by atomic mass is 10.3. The van der Waals surface area contributed by atoms with Crippen molar-refractivity contribution in [3.05, 3.63) is 24.3 Å². The van der Waals surface area contributed by atoms with Gasteiger partial charge in [0.15, 0.2) is 0 Å². The average molecular weight is 218 g/mol. The van der Waals surface area contributed by atoms with Gasteiger partial charge in [-0.2, -0.15) is 0 Å². The Morgan fingerprint density at radius 2 is 1.93 bits per heavy atom. The molecule has 0 aliphatic heterocycles. The van der Waals surface area contributed by atoms with E-state index in [1.807, 2.05) is 0 Å². The molecule has 0 saturated carbocycles. The number of methoxy groups -OCH3 is 1. The molecule has 0 saturated heterocycles. The summed E-state index contributed by atoms with van der Waals surface area (Å²) < 4.78 is 28.6. The SMILES string of the molecule is COc1ccc(SC(=O)C(F)F)cc1. The summed E-state index contributed by atoms with van der Waals surface area (Å²) in [6.45, 7) is 0. The Balaban J connectivity index is 2.64. The first-order valence-corrected chi connectivity index (χ1v) is 4.59. The maximum atomic E-state index is 11.9. The second kappa shape index (κ2) is 4.95. The van der Waals surface area contributed by atoms with Crippen molar-refractivity contribution >= 4 is 16.9 Å². The molecule has 0 radical (unpaired) electrons. The summed E-state index contributed by atoms with van der Waals surface area (Å²) in [5.74, 6) is 0.624. The predicted octanol–water partition coefficient (Wildman–Crippen LogP) is 2.58. The minimum atomic E-state index is -2.93. The van der Waals surface area contributed by atoms with Crippen molar-refractivity contribution in [1.82, 2.24) is 0 Å². The second-order valence-corrected chi connectivity index (χ2v) is 3.48. The van der Waals surface area contributed by atoms with E-state index in [0.29, 0.717) is 22.4 Å². The van der Waals surface area contributed by atoms with E-state index in [1.54, 1.807) is 24.3 Å². The number of carbonyl (C=O) groups is 1. The predicted molar refractivity (Wildman–Crippen MR) is 49.9 cm³/mol. The summed E-state index contributed by atoms with van der Waals surface area (Å²) in [5.41, 5.74) is 0. The third-order valence-corrected chi connectivity index (χ3v) is 2.34. The summed E-state index contributed by atoms with van der Waals surface area (Å²) in [7, 11) is 1.51. The molecule has 1 rings (SSSR count). The average Bonchev–Trinajstić information content (AvgIpc) is 2.19. The largest absolute Gasteiger partial charge is 0.497 e. The number of rotatable bonds is 3. The van der Waals surface area contributed by atoms with Gasteiger partial charge in [-0.15, -0.1) is 0 Å². The van der Waals surface area contributed by atoms with Crippen LogP contribution in [0.4, 0.5) is 8.78 Å². The minimum absolute atomic E-state index is 0.483. The number of carbonyl (C=O) groups excluding carboxylic acids is 1. The first-order valence-electron chi connectivity index (χ1n) is 3.77. The van der Waals surface area contributed by atoms with Crippen LogP contribution >= 0.6 is 11.8 Å². The Morgan fingerprint density at radius 1 is 1.36 bits per heavy atom. The third kappa shape index (κ3) is 2.99. The van der Waals surface area contributed by atoms with Crippen LogP contribution in [0.3, 0.4) is 0 Å². The van der Waals surface area contributed by atoms with E-state index in [0.717, 1.165) is 0 Å². The van der Waals surface area contributed by atoms with Crippen molar-refractivity contribution in [3.63, 3.8) is 0 Å². The molecule has 1 aromatic carbocycles. The van der Waals surface area contributed by atoms with Gasteiger partial charge in [0.1, 0.15) is 5.75 Å². The Bertz CT molecular complexity index is 311. The van der Waals surface area contributed by atoms with E-state index >= 15 is 0 Å². The van der Waals surface area contributed by atoms with Gasteiger partial charge in [0, 0.05) is 4.90 Å². The Labute approximate surface area is 84.3 Å². The zero-order chi connectivity index (χ0) is 10.6. The summed E-state index contributed by atoms with van der Waals surface area (Å²) in [5, 5.41) is -1.14. The molecule has 0 spiro atoms. The Hall–Kier alpha value is -1.10. The molecule has 76 valence electrons. The maximum absolute atomic E-state index is 11.9. The van der Waals surface area contributed by atoms with Crippen LogP contribution in [-0.4, -0.2) is 18.7 Å². The van der Waals surface area contributed by atoms with Crippen molar-refractivity contribution in [2.24, 2.45) is 0 Å². The van der Waals surface area contributed by atoms with Gasteiger partial charge < -0.3 is 4.74 Å². The van der Waals surface area contributed by atoms with Crippen LogP contribution in [0, 0.1) is 0 Å². The standard InChI is InChI=1S/C9H8F2O2S/c1-13-6-2-4-7(5-3-6)14-9(12)8(10)11/h2-5,8H,1H3. The molecule has 0 heterocycles. The topological polar surface area (TPSA) is 26.3 Å². The van der Waals surface area contributed by atoms with Crippen molar-refractivity contribution in [2.45, 2.75) is 11.3 Å². The maximum Gasteiger partial charge on any atom is 0.306 e. The first-order chi connectivity index (χ1) is 6.63. The van der Waals surface area contributed by atoms with Crippen LogP contribution < -0.4 is 4.74 Å². The van der Waals surface area contributed by atoms with Gasteiger partial charge >= 0.3 is 6.43 Å². The van der Waals surface area contributed by atoms with Gasteiger partial charge in [-0.3, -0.25) is 4.79 Å². The molecule has 0 atom stereocenters. The summed E-state index contributed by atoms with van der Waals surface area (Å²) in [4.78, 5) is 11.1. The summed E-state index contributed by atoms with van der Waals surface area (Å²) >= 11 is 0.526. The van der Waals surface area contributed by atoms with Crippen LogP contribution in [0.15, 0.2) is 29.2 Å². The highest BCUT2D eigenvalue weighted by Gasteiger charge is 2.16. The molecular weight excluding hydrogens is 210 g/mol. The van der Waals surface area contributed by atoms with Crippen molar-refractivity contribution in [1.29, 1.82) is 0 Å². The van der Waals surface area contributed by atoms with Gasteiger partial charge in [0.25, 0.3) is 5.12 Å². The molecular formula is C9H8F2O2S. The van der Waals surface area contributed by atoms with Crippen LogP contribution in [0.5, 0.6) is 5.75 Å². The molecule has 5 heteroatoms. The monoisotopic (exact) mass is 218 g/mol. The molecule has 0 aliphatic carbocycles. The second-order valence-electron chi connectivity index (χ2n) is 2.40. The number of halogens is 2. The third-order valence-electron chi connectivity index (χ3n) is 1.46. The van der Waals surface area contributed by atoms with E-state index in [1.165, 1.54) is 7.11 Å². The molecule has 0 aromatic heterocycles. The number of alkyl halides is 2. The molecule has 14 heavy (non-hydrogen) atoms.